The molecule has 1 aromatic carbocycles. The van der Waals surface area contributed by atoms with Crippen LogP contribution in [0.2, 0.25) is 5.02 Å². The largest absolute Gasteiger partial charge is 0.326 e. The van der Waals surface area contributed by atoms with Crippen LogP contribution in [0.1, 0.15) is 17.0 Å². The van der Waals surface area contributed by atoms with Crippen LogP contribution >= 0.6 is 11.6 Å². The zero-order chi connectivity index (χ0) is 13.1. The molecule has 2 rings (SSSR count). The summed E-state index contributed by atoms with van der Waals surface area (Å²) in [5.41, 5.74) is 7.38. The first-order valence-electron chi connectivity index (χ1n) is 5.07. The van der Waals surface area contributed by atoms with Gasteiger partial charge < -0.3 is 5.73 Å². The first-order valence-corrected chi connectivity index (χ1v) is 5.45. The molecular weight excluding hydrogens is 250 g/mol. The van der Waals surface area contributed by atoms with E-state index in [1.165, 1.54) is 10.9 Å². The van der Waals surface area contributed by atoms with Gasteiger partial charge in [0.05, 0.1) is 5.69 Å². The highest BCUT2D eigenvalue weighted by atomic mass is 35.5. The Hall–Kier alpha value is -2.34. The average Bonchev–Trinajstić information content (AvgIpc) is 2.81. The van der Waals surface area contributed by atoms with E-state index in [9.17, 15) is 0 Å². The van der Waals surface area contributed by atoms with Crippen molar-refractivity contribution in [3.63, 3.8) is 0 Å². The second-order valence-corrected chi connectivity index (χ2v) is 3.95. The number of nitrogens with zero attached hydrogens (tertiary/aromatic N) is 4. The highest BCUT2D eigenvalue weighted by Crippen LogP contribution is 2.22. The van der Waals surface area contributed by atoms with Gasteiger partial charge in [0, 0.05) is 11.6 Å². The maximum Gasteiger partial charge on any atom is 0.177 e. The van der Waals surface area contributed by atoms with Crippen LogP contribution < -0.4 is 5.73 Å². The minimum Gasteiger partial charge on any atom is -0.326 e. The molecule has 0 spiro atoms. The normalized spacial score (nSPS) is 9.78. The van der Waals surface area contributed by atoms with Crippen molar-refractivity contribution in [2.24, 2.45) is 5.73 Å². The summed E-state index contributed by atoms with van der Waals surface area (Å²) in [7, 11) is 0. The van der Waals surface area contributed by atoms with Gasteiger partial charge >= 0.3 is 0 Å². The number of hydrogen-bond donors (Lipinski definition) is 1. The Morgan fingerprint density at radius 3 is 2.72 bits per heavy atom. The average molecular weight is 258 g/mol. The molecule has 0 aliphatic heterocycles. The van der Waals surface area contributed by atoms with Crippen LogP contribution in [-0.4, -0.2) is 9.55 Å². The van der Waals surface area contributed by atoms with E-state index in [1.54, 1.807) is 18.2 Å². The Labute approximate surface area is 109 Å². The number of nitrogens with two attached hydrogens (primary N) is 1. The highest BCUT2D eigenvalue weighted by molar-refractivity contribution is 6.30. The molecular formula is C12H8ClN5. The third kappa shape index (κ3) is 1.93. The third-order valence-corrected chi connectivity index (χ3v) is 2.74. The third-order valence-electron chi connectivity index (χ3n) is 2.51. The minimum absolute atomic E-state index is 0.0837. The number of nitriles is 2. The van der Waals surface area contributed by atoms with Gasteiger partial charge in [-0.2, -0.15) is 10.5 Å². The molecule has 18 heavy (non-hydrogen) atoms. The summed E-state index contributed by atoms with van der Waals surface area (Å²) in [5.74, 6) is 0. The van der Waals surface area contributed by atoms with Crippen molar-refractivity contribution < 1.29 is 0 Å². The van der Waals surface area contributed by atoms with E-state index < -0.39 is 0 Å². The molecule has 2 N–H and O–H groups in total. The lowest BCUT2D eigenvalue weighted by Gasteiger charge is -2.09. The van der Waals surface area contributed by atoms with Crippen LogP contribution in [0.3, 0.4) is 0 Å². The Morgan fingerprint density at radius 2 is 2.11 bits per heavy atom. The van der Waals surface area contributed by atoms with Crippen molar-refractivity contribution in [1.29, 1.82) is 10.5 Å². The van der Waals surface area contributed by atoms with Crippen molar-refractivity contribution in [3.8, 4) is 17.8 Å². The van der Waals surface area contributed by atoms with Crippen molar-refractivity contribution in [2.45, 2.75) is 6.54 Å². The quantitative estimate of drug-likeness (QED) is 0.887. The maximum absolute atomic E-state index is 9.09. The van der Waals surface area contributed by atoms with Gasteiger partial charge in [0.2, 0.25) is 0 Å². The first-order chi connectivity index (χ1) is 8.71. The molecule has 2 aromatic rings. The van der Waals surface area contributed by atoms with Crippen molar-refractivity contribution in [3.05, 3.63) is 46.5 Å². The molecule has 0 aliphatic rings. The molecule has 0 amide bonds. The monoisotopic (exact) mass is 257 g/mol. The van der Waals surface area contributed by atoms with Gasteiger partial charge in [0.15, 0.2) is 11.4 Å². The van der Waals surface area contributed by atoms with Crippen molar-refractivity contribution >= 4 is 11.6 Å². The Balaban J connectivity index is 2.70. The van der Waals surface area contributed by atoms with Crippen LogP contribution in [0.4, 0.5) is 0 Å². The van der Waals surface area contributed by atoms with Crippen LogP contribution in [0.15, 0.2) is 24.5 Å². The second kappa shape index (κ2) is 4.89. The maximum atomic E-state index is 9.09. The molecule has 6 heteroatoms. The second-order valence-electron chi connectivity index (χ2n) is 3.51. The van der Waals surface area contributed by atoms with Crippen LogP contribution in [0.5, 0.6) is 0 Å². The van der Waals surface area contributed by atoms with Gasteiger partial charge in [0.1, 0.15) is 18.5 Å². The van der Waals surface area contributed by atoms with E-state index in [4.69, 9.17) is 27.9 Å². The van der Waals surface area contributed by atoms with E-state index in [1.807, 2.05) is 12.1 Å². The number of hydrogen-bond acceptors (Lipinski definition) is 4. The molecule has 0 bridgehead atoms. The molecule has 1 heterocycles. The minimum atomic E-state index is 0.0837. The first kappa shape index (κ1) is 12.1. The molecule has 0 atom stereocenters. The summed E-state index contributed by atoms with van der Waals surface area (Å²) < 4.78 is 1.52. The number of aromatic nitrogens is 2. The molecule has 0 unspecified atom stereocenters. The molecule has 0 radical (unpaired) electrons. The van der Waals surface area contributed by atoms with Crippen LogP contribution in [0, 0.1) is 22.7 Å². The van der Waals surface area contributed by atoms with E-state index in [2.05, 4.69) is 4.98 Å². The topological polar surface area (TPSA) is 91.4 Å². The number of benzene rings is 1. The molecule has 0 saturated heterocycles. The molecule has 5 nitrogen and oxygen atoms in total. The summed E-state index contributed by atoms with van der Waals surface area (Å²) in [6.07, 6.45) is 1.42. The zero-order valence-corrected chi connectivity index (χ0v) is 10.0. The Kier molecular flexibility index (Phi) is 3.29. The lowest BCUT2D eigenvalue weighted by atomic mass is 10.1. The molecule has 1 aromatic heterocycles. The fourth-order valence-electron chi connectivity index (χ4n) is 1.65. The van der Waals surface area contributed by atoms with Crippen LogP contribution in [0.25, 0.3) is 5.69 Å². The van der Waals surface area contributed by atoms with Gasteiger partial charge in [0.25, 0.3) is 0 Å². The highest BCUT2D eigenvalue weighted by Gasteiger charge is 2.14. The van der Waals surface area contributed by atoms with Crippen LogP contribution in [-0.2, 0) is 6.54 Å². The fraction of sp³-hybridized carbons (Fsp3) is 0.0833. The summed E-state index contributed by atoms with van der Waals surface area (Å²) in [6.45, 7) is 0.303. The van der Waals surface area contributed by atoms with E-state index in [-0.39, 0.29) is 11.4 Å². The van der Waals surface area contributed by atoms with Crippen molar-refractivity contribution in [1.82, 2.24) is 9.55 Å². The lowest BCUT2D eigenvalue weighted by Crippen LogP contribution is -2.05. The SMILES string of the molecule is N#Cc1ncn(-c2cc(Cl)ccc2CN)c1C#N. The molecule has 0 fully saturated rings. The Morgan fingerprint density at radius 1 is 1.33 bits per heavy atom. The summed E-state index contributed by atoms with van der Waals surface area (Å²) >= 11 is 5.94. The molecule has 0 saturated carbocycles. The smallest absolute Gasteiger partial charge is 0.177 e. The Bertz CT molecular complexity index is 675. The fourth-order valence-corrected chi connectivity index (χ4v) is 1.82. The predicted molar refractivity (Wildman–Crippen MR) is 65.9 cm³/mol. The standard InChI is InChI=1S/C12H8ClN5/c13-9-2-1-8(4-14)11(3-9)18-7-17-10(5-15)12(18)6-16/h1-3,7H,4,14H2. The van der Waals surface area contributed by atoms with Gasteiger partial charge in [-0.3, -0.25) is 4.57 Å². The lowest BCUT2D eigenvalue weighted by molar-refractivity contribution is 0.971. The number of halogens is 1. The van der Waals surface area contributed by atoms with Gasteiger partial charge in [-0.1, -0.05) is 17.7 Å². The van der Waals surface area contributed by atoms with Gasteiger partial charge in [-0.15, -0.1) is 0 Å². The number of imidazole rings is 1. The number of rotatable bonds is 2. The molecule has 0 aliphatic carbocycles. The zero-order valence-electron chi connectivity index (χ0n) is 9.26. The van der Waals surface area contributed by atoms with Crippen molar-refractivity contribution in [2.75, 3.05) is 0 Å². The van der Waals surface area contributed by atoms with E-state index in [0.29, 0.717) is 17.3 Å². The predicted octanol–water partition coefficient (Wildman–Crippen LogP) is 1.73. The van der Waals surface area contributed by atoms with Gasteiger partial charge in [-0.25, -0.2) is 4.98 Å². The summed E-state index contributed by atoms with van der Waals surface area (Å²) in [6, 6.07) is 9.02. The van der Waals surface area contributed by atoms with Gasteiger partial charge in [-0.05, 0) is 17.7 Å². The molecule has 88 valence electrons. The summed E-state index contributed by atoms with van der Waals surface area (Å²) in [5, 5.41) is 18.5. The summed E-state index contributed by atoms with van der Waals surface area (Å²) in [4.78, 5) is 3.88. The van der Waals surface area contributed by atoms with E-state index in [0.717, 1.165) is 5.56 Å². The van der Waals surface area contributed by atoms with E-state index >= 15 is 0 Å².